The lowest BCUT2D eigenvalue weighted by atomic mass is 9.91. The minimum absolute atomic E-state index is 0.820. The van der Waals surface area contributed by atoms with Crippen molar-refractivity contribution >= 4 is 11.8 Å². The average Bonchev–Trinajstić information content (AvgIpc) is 2.10. The third kappa shape index (κ3) is 7.39. The predicted octanol–water partition coefficient (Wildman–Crippen LogP) is 3.01. The van der Waals surface area contributed by atoms with E-state index in [1.165, 1.54) is 25.1 Å². The van der Waals surface area contributed by atoms with E-state index in [4.69, 9.17) is 0 Å². The maximum atomic E-state index is 3.45. The fourth-order valence-electron chi connectivity index (χ4n) is 1.49. The minimum atomic E-state index is 0.820. The molecular weight excluding hydrogens is 178 g/mol. The van der Waals surface area contributed by atoms with Gasteiger partial charge in [-0.2, -0.15) is 11.8 Å². The molecule has 0 aromatic carbocycles. The average molecular weight is 203 g/mol. The van der Waals surface area contributed by atoms with Crippen LogP contribution in [0.5, 0.6) is 0 Å². The molecule has 0 amide bonds. The van der Waals surface area contributed by atoms with E-state index in [-0.39, 0.29) is 0 Å². The standard InChI is InChI=1S/C11H25NS/c1-5-12-9-11(10(2)3)7-6-8-13-4/h10-12H,5-9H2,1-4H3. The van der Waals surface area contributed by atoms with Crippen LogP contribution < -0.4 is 5.32 Å². The number of thioether (sulfide) groups is 1. The Morgan fingerprint density at radius 3 is 2.46 bits per heavy atom. The molecule has 0 aromatic heterocycles. The first-order chi connectivity index (χ1) is 6.22. The molecule has 1 N–H and O–H groups in total. The van der Waals surface area contributed by atoms with Gasteiger partial charge in [0.05, 0.1) is 0 Å². The molecule has 0 aliphatic rings. The van der Waals surface area contributed by atoms with Gasteiger partial charge in [0.25, 0.3) is 0 Å². The Morgan fingerprint density at radius 2 is 2.00 bits per heavy atom. The fraction of sp³-hybridized carbons (Fsp3) is 1.00. The summed E-state index contributed by atoms with van der Waals surface area (Å²) < 4.78 is 0. The Hall–Kier alpha value is 0.310. The first-order valence-corrected chi connectivity index (χ1v) is 6.81. The predicted molar refractivity (Wildman–Crippen MR) is 64.5 cm³/mol. The third-order valence-electron chi connectivity index (χ3n) is 2.52. The van der Waals surface area contributed by atoms with Crippen LogP contribution in [0, 0.1) is 11.8 Å². The van der Waals surface area contributed by atoms with E-state index >= 15 is 0 Å². The number of nitrogens with one attached hydrogen (secondary N) is 1. The summed E-state index contributed by atoms with van der Waals surface area (Å²) in [7, 11) is 0. The second kappa shape index (κ2) is 8.89. The maximum absolute atomic E-state index is 3.45. The molecule has 0 bridgehead atoms. The molecule has 1 unspecified atom stereocenters. The van der Waals surface area contributed by atoms with Crippen LogP contribution in [0.15, 0.2) is 0 Å². The van der Waals surface area contributed by atoms with Crippen molar-refractivity contribution in [3.63, 3.8) is 0 Å². The van der Waals surface area contributed by atoms with Gasteiger partial charge in [-0.3, -0.25) is 0 Å². The highest BCUT2D eigenvalue weighted by Crippen LogP contribution is 2.17. The van der Waals surface area contributed by atoms with Gasteiger partial charge in [0.2, 0.25) is 0 Å². The van der Waals surface area contributed by atoms with E-state index in [2.05, 4.69) is 32.3 Å². The van der Waals surface area contributed by atoms with Crippen LogP contribution in [0.4, 0.5) is 0 Å². The Kier molecular flexibility index (Phi) is 9.10. The van der Waals surface area contributed by atoms with Gasteiger partial charge < -0.3 is 5.32 Å². The Bertz CT molecular complexity index is 104. The lowest BCUT2D eigenvalue weighted by Crippen LogP contribution is -2.26. The SMILES string of the molecule is CCNCC(CCCSC)C(C)C. The van der Waals surface area contributed by atoms with Gasteiger partial charge in [0, 0.05) is 0 Å². The normalized spacial score (nSPS) is 13.6. The van der Waals surface area contributed by atoms with E-state index in [1.54, 1.807) is 0 Å². The zero-order valence-corrected chi connectivity index (χ0v) is 10.4. The van der Waals surface area contributed by atoms with Crippen molar-refractivity contribution in [2.24, 2.45) is 11.8 Å². The summed E-state index contributed by atoms with van der Waals surface area (Å²) in [5, 5.41) is 3.45. The summed E-state index contributed by atoms with van der Waals surface area (Å²) in [6.45, 7) is 9.15. The first kappa shape index (κ1) is 13.3. The molecule has 0 heterocycles. The Labute approximate surface area is 88.1 Å². The molecular formula is C11H25NS. The number of hydrogen-bond acceptors (Lipinski definition) is 2. The molecule has 0 rings (SSSR count). The summed E-state index contributed by atoms with van der Waals surface area (Å²) in [5.41, 5.74) is 0. The van der Waals surface area contributed by atoms with E-state index in [9.17, 15) is 0 Å². The molecule has 0 radical (unpaired) electrons. The summed E-state index contributed by atoms with van der Waals surface area (Å²) in [6, 6.07) is 0. The van der Waals surface area contributed by atoms with Gasteiger partial charge in [-0.15, -0.1) is 0 Å². The van der Waals surface area contributed by atoms with Gasteiger partial charge in [-0.25, -0.2) is 0 Å². The van der Waals surface area contributed by atoms with Crippen LogP contribution >= 0.6 is 11.8 Å². The Morgan fingerprint density at radius 1 is 1.31 bits per heavy atom. The fourth-order valence-corrected chi connectivity index (χ4v) is 1.95. The van der Waals surface area contributed by atoms with Gasteiger partial charge in [0.1, 0.15) is 0 Å². The van der Waals surface area contributed by atoms with Crippen molar-refractivity contribution in [1.82, 2.24) is 5.32 Å². The molecule has 80 valence electrons. The van der Waals surface area contributed by atoms with Crippen molar-refractivity contribution in [2.45, 2.75) is 33.6 Å². The molecule has 1 nitrogen and oxygen atoms in total. The topological polar surface area (TPSA) is 12.0 Å². The summed E-state index contributed by atoms with van der Waals surface area (Å²) in [5.74, 6) is 3.00. The van der Waals surface area contributed by atoms with E-state index in [0.717, 1.165) is 18.4 Å². The second-order valence-corrected chi connectivity index (χ2v) is 4.93. The maximum Gasteiger partial charge on any atom is -0.00182 e. The highest BCUT2D eigenvalue weighted by Gasteiger charge is 2.11. The Balaban J connectivity index is 3.54. The van der Waals surface area contributed by atoms with Gasteiger partial charge >= 0.3 is 0 Å². The molecule has 1 atom stereocenters. The van der Waals surface area contributed by atoms with Crippen LogP contribution in [-0.4, -0.2) is 25.1 Å². The van der Waals surface area contributed by atoms with Crippen molar-refractivity contribution < 1.29 is 0 Å². The molecule has 2 heteroatoms. The van der Waals surface area contributed by atoms with Gasteiger partial charge in [-0.1, -0.05) is 20.8 Å². The first-order valence-electron chi connectivity index (χ1n) is 5.42. The van der Waals surface area contributed by atoms with Crippen LogP contribution in [-0.2, 0) is 0 Å². The second-order valence-electron chi connectivity index (χ2n) is 3.95. The zero-order chi connectivity index (χ0) is 10.1. The number of rotatable bonds is 8. The van der Waals surface area contributed by atoms with Gasteiger partial charge in [-0.05, 0) is 49.8 Å². The molecule has 0 aliphatic heterocycles. The highest BCUT2D eigenvalue weighted by atomic mass is 32.2. The van der Waals surface area contributed by atoms with Crippen molar-refractivity contribution in [3.05, 3.63) is 0 Å². The van der Waals surface area contributed by atoms with Crippen LogP contribution in [0.2, 0.25) is 0 Å². The molecule has 13 heavy (non-hydrogen) atoms. The van der Waals surface area contributed by atoms with Crippen molar-refractivity contribution in [2.75, 3.05) is 25.1 Å². The minimum Gasteiger partial charge on any atom is -0.317 e. The highest BCUT2D eigenvalue weighted by molar-refractivity contribution is 7.98. The summed E-state index contributed by atoms with van der Waals surface area (Å²) in [6.07, 6.45) is 4.94. The summed E-state index contributed by atoms with van der Waals surface area (Å²) >= 11 is 1.96. The quantitative estimate of drug-likeness (QED) is 0.609. The van der Waals surface area contributed by atoms with E-state index in [0.29, 0.717) is 0 Å². The lowest BCUT2D eigenvalue weighted by Gasteiger charge is -2.20. The zero-order valence-electron chi connectivity index (χ0n) is 9.60. The monoisotopic (exact) mass is 203 g/mol. The summed E-state index contributed by atoms with van der Waals surface area (Å²) in [4.78, 5) is 0. The van der Waals surface area contributed by atoms with E-state index < -0.39 is 0 Å². The van der Waals surface area contributed by atoms with Crippen molar-refractivity contribution in [3.8, 4) is 0 Å². The number of hydrogen-bond donors (Lipinski definition) is 1. The van der Waals surface area contributed by atoms with Crippen LogP contribution in [0.25, 0.3) is 0 Å². The molecule has 0 saturated heterocycles. The lowest BCUT2D eigenvalue weighted by molar-refractivity contribution is 0.341. The molecule has 0 spiro atoms. The van der Waals surface area contributed by atoms with Crippen molar-refractivity contribution in [1.29, 1.82) is 0 Å². The molecule has 0 aromatic rings. The van der Waals surface area contributed by atoms with Gasteiger partial charge in [0.15, 0.2) is 0 Å². The van der Waals surface area contributed by atoms with E-state index in [1.807, 2.05) is 11.8 Å². The third-order valence-corrected chi connectivity index (χ3v) is 3.22. The molecule has 0 saturated carbocycles. The molecule has 0 fully saturated rings. The van der Waals surface area contributed by atoms with Crippen LogP contribution in [0.1, 0.15) is 33.6 Å². The molecule has 0 aliphatic carbocycles. The largest absolute Gasteiger partial charge is 0.317 e. The smallest absolute Gasteiger partial charge is 0.00182 e. The van der Waals surface area contributed by atoms with Crippen LogP contribution in [0.3, 0.4) is 0 Å².